The monoisotopic (exact) mass is 499 g/mol. The average Bonchev–Trinajstić information content (AvgIpc) is 3.51. The van der Waals surface area contributed by atoms with E-state index in [1.54, 1.807) is 6.20 Å². The number of pyridine rings is 1. The molecule has 188 valence electrons. The van der Waals surface area contributed by atoms with Crippen LogP contribution in [0.3, 0.4) is 0 Å². The van der Waals surface area contributed by atoms with Gasteiger partial charge >= 0.3 is 11.7 Å². The molecule has 1 fully saturated rings. The van der Waals surface area contributed by atoms with Gasteiger partial charge in [0.25, 0.3) is 5.92 Å². The first-order valence-corrected chi connectivity index (χ1v) is 10.7. The minimum absolute atomic E-state index is 0.0838. The predicted octanol–water partition coefficient (Wildman–Crippen LogP) is 4.71. The van der Waals surface area contributed by atoms with Gasteiger partial charge in [0.15, 0.2) is 12.4 Å². The standard InChI is InChI=1S/C22H22F5N5O3/c1-11(22(25,26)27)32-20(34)18(35-10-21(3,23)24)7-16(30-32)15-9-31(13-4-5-13)17-8-28-19(6-14(15)17)29-12(2)33/h6-9,11,13H,4-5,10H2,1-3H3,(H,28,29,33)/t11-/m0/s1. The number of hydrogen-bond acceptors (Lipinski definition) is 5. The number of hydrogen-bond donors (Lipinski definition) is 1. The van der Waals surface area contributed by atoms with Crippen LogP contribution in [0.4, 0.5) is 27.8 Å². The van der Waals surface area contributed by atoms with Gasteiger partial charge in [-0.25, -0.2) is 18.4 Å². The van der Waals surface area contributed by atoms with Gasteiger partial charge in [0, 0.05) is 43.1 Å². The molecule has 4 rings (SSSR count). The van der Waals surface area contributed by atoms with Gasteiger partial charge in [-0.2, -0.15) is 18.3 Å². The number of nitrogens with zero attached hydrogens (tertiary/aromatic N) is 4. The zero-order valence-electron chi connectivity index (χ0n) is 19.0. The number of anilines is 1. The number of aromatic nitrogens is 4. The van der Waals surface area contributed by atoms with E-state index in [9.17, 15) is 31.5 Å². The highest BCUT2D eigenvalue weighted by molar-refractivity contribution is 5.98. The van der Waals surface area contributed by atoms with Crippen LogP contribution in [-0.4, -0.2) is 43.9 Å². The Bertz CT molecular complexity index is 1340. The summed E-state index contributed by atoms with van der Waals surface area (Å²) in [5, 5.41) is 6.99. The lowest BCUT2D eigenvalue weighted by Gasteiger charge is -2.19. The van der Waals surface area contributed by atoms with Crippen LogP contribution in [0.15, 0.2) is 29.3 Å². The first-order valence-electron chi connectivity index (χ1n) is 10.7. The van der Waals surface area contributed by atoms with Crippen LogP contribution in [0, 0.1) is 0 Å². The molecule has 0 radical (unpaired) electrons. The van der Waals surface area contributed by atoms with Crippen LogP contribution in [0.25, 0.3) is 22.2 Å². The summed E-state index contributed by atoms with van der Waals surface area (Å²) in [6.07, 6.45) is 0.121. The van der Waals surface area contributed by atoms with Crippen molar-refractivity contribution in [1.82, 2.24) is 19.3 Å². The van der Waals surface area contributed by atoms with Gasteiger partial charge in [-0.1, -0.05) is 0 Å². The molecule has 0 spiro atoms. The summed E-state index contributed by atoms with van der Waals surface area (Å²) in [7, 11) is 0. The fourth-order valence-corrected chi connectivity index (χ4v) is 3.59. The molecular formula is C22H22F5N5O3. The SMILES string of the molecule is CC(=O)Nc1cc2c(-c3cc(OCC(C)(F)F)c(=O)n([C@@H](C)C(F)(F)F)n3)cn(C3CC3)c2cn1. The lowest BCUT2D eigenvalue weighted by Crippen LogP contribution is -2.35. The van der Waals surface area contributed by atoms with E-state index >= 15 is 0 Å². The molecule has 0 saturated heterocycles. The minimum Gasteiger partial charge on any atom is -0.481 e. The molecule has 1 N–H and O–H groups in total. The van der Waals surface area contributed by atoms with Crippen molar-refractivity contribution >= 4 is 22.6 Å². The molecule has 1 amide bonds. The number of ether oxygens (including phenoxy) is 1. The summed E-state index contributed by atoms with van der Waals surface area (Å²) < 4.78 is 74.3. The molecule has 0 unspecified atom stereocenters. The molecular weight excluding hydrogens is 477 g/mol. The van der Waals surface area contributed by atoms with Crippen molar-refractivity contribution in [1.29, 1.82) is 0 Å². The number of alkyl halides is 5. The van der Waals surface area contributed by atoms with E-state index in [4.69, 9.17) is 4.74 Å². The number of carbonyl (C=O) groups is 1. The second-order valence-electron chi connectivity index (χ2n) is 8.67. The average molecular weight is 499 g/mol. The Hall–Kier alpha value is -3.51. The number of nitrogens with one attached hydrogen (secondary N) is 1. The van der Waals surface area contributed by atoms with Gasteiger partial charge in [-0.05, 0) is 25.8 Å². The lowest BCUT2D eigenvalue weighted by atomic mass is 10.1. The summed E-state index contributed by atoms with van der Waals surface area (Å²) in [6.45, 7) is 1.40. The third-order valence-electron chi connectivity index (χ3n) is 5.46. The normalized spacial score (nSPS) is 15.3. The molecule has 13 heteroatoms. The van der Waals surface area contributed by atoms with E-state index in [1.165, 1.54) is 19.2 Å². The number of halogens is 5. The zero-order chi connectivity index (χ0) is 25.7. The third-order valence-corrected chi connectivity index (χ3v) is 5.46. The molecule has 35 heavy (non-hydrogen) atoms. The summed E-state index contributed by atoms with van der Waals surface area (Å²) in [5.41, 5.74) is -0.395. The zero-order valence-corrected chi connectivity index (χ0v) is 19.0. The molecule has 3 aromatic rings. The molecule has 1 saturated carbocycles. The number of rotatable bonds is 7. The first-order chi connectivity index (χ1) is 16.2. The number of fused-ring (bicyclic) bond motifs is 1. The summed E-state index contributed by atoms with van der Waals surface area (Å²) in [5.74, 6) is -4.17. The van der Waals surface area contributed by atoms with Gasteiger partial charge in [-0.3, -0.25) is 9.59 Å². The second kappa shape index (κ2) is 8.61. The van der Waals surface area contributed by atoms with Crippen molar-refractivity contribution < 1.29 is 31.5 Å². The van der Waals surface area contributed by atoms with Gasteiger partial charge < -0.3 is 14.6 Å². The Morgan fingerprint density at radius 1 is 1.26 bits per heavy atom. The number of carbonyl (C=O) groups excluding carboxylic acids is 1. The van der Waals surface area contributed by atoms with Crippen LogP contribution >= 0.6 is 0 Å². The van der Waals surface area contributed by atoms with Crippen LogP contribution in [0.2, 0.25) is 0 Å². The van der Waals surface area contributed by atoms with Crippen molar-refractivity contribution in [2.75, 3.05) is 11.9 Å². The maximum Gasteiger partial charge on any atom is 0.410 e. The van der Waals surface area contributed by atoms with Crippen molar-refractivity contribution in [2.45, 2.75) is 57.8 Å². The van der Waals surface area contributed by atoms with Gasteiger partial charge in [-0.15, -0.1) is 0 Å². The maximum absolute atomic E-state index is 13.5. The van der Waals surface area contributed by atoms with Crippen LogP contribution in [-0.2, 0) is 4.79 Å². The molecule has 3 heterocycles. The summed E-state index contributed by atoms with van der Waals surface area (Å²) in [6, 6.07) is 0.399. The fourth-order valence-electron chi connectivity index (χ4n) is 3.59. The third kappa shape index (κ3) is 5.28. The maximum atomic E-state index is 13.5. The molecule has 3 aromatic heterocycles. The quantitative estimate of drug-likeness (QED) is 0.476. The summed E-state index contributed by atoms with van der Waals surface area (Å²) >= 11 is 0. The first kappa shape index (κ1) is 24.6. The Morgan fingerprint density at radius 2 is 1.94 bits per heavy atom. The Balaban J connectivity index is 1.93. The highest BCUT2D eigenvalue weighted by atomic mass is 19.4. The van der Waals surface area contributed by atoms with Crippen molar-refractivity contribution in [3.05, 3.63) is 34.9 Å². The molecule has 0 aliphatic heterocycles. The van der Waals surface area contributed by atoms with Crippen LogP contribution in [0.1, 0.15) is 45.7 Å². The molecule has 1 aliphatic rings. The Morgan fingerprint density at radius 3 is 2.51 bits per heavy atom. The molecule has 1 atom stereocenters. The predicted molar refractivity (Wildman–Crippen MR) is 117 cm³/mol. The topological polar surface area (TPSA) is 91.0 Å². The molecule has 0 aromatic carbocycles. The van der Waals surface area contributed by atoms with E-state index in [0.29, 0.717) is 23.4 Å². The smallest absolute Gasteiger partial charge is 0.410 e. The van der Waals surface area contributed by atoms with Gasteiger partial charge in [0.1, 0.15) is 11.9 Å². The number of amides is 1. The van der Waals surface area contributed by atoms with Crippen LogP contribution in [0.5, 0.6) is 5.75 Å². The van der Waals surface area contributed by atoms with E-state index in [0.717, 1.165) is 25.8 Å². The second-order valence-corrected chi connectivity index (χ2v) is 8.67. The van der Waals surface area contributed by atoms with Crippen LogP contribution < -0.4 is 15.6 Å². The Labute approximate surface area is 195 Å². The highest BCUT2D eigenvalue weighted by Crippen LogP contribution is 2.42. The lowest BCUT2D eigenvalue weighted by molar-refractivity contribution is -0.166. The summed E-state index contributed by atoms with van der Waals surface area (Å²) in [4.78, 5) is 28.4. The highest BCUT2D eigenvalue weighted by Gasteiger charge is 2.40. The Kier molecular flexibility index (Phi) is 6.05. The largest absolute Gasteiger partial charge is 0.481 e. The van der Waals surface area contributed by atoms with Crippen molar-refractivity contribution in [3.63, 3.8) is 0 Å². The molecule has 8 nitrogen and oxygen atoms in total. The van der Waals surface area contributed by atoms with Crippen molar-refractivity contribution in [3.8, 4) is 17.0 Å². The fraction of sp³-hybridized carbons (Fsp3) is 0.455. The van der Waals surface area contributed by atoms with E-state index in [2.05, 4.69) is 15.4 Å². The molecule has 1 aliphatic carbocycles. The minimum atomic E-state index is -4.83. The van der Waals surface area contributed by atoms with Gasteiger partial charge in [0.05, 0.1) is 17.4 Å². The van der Waals surface area contributed by atoms with Gasteiger partial charge in [0.2, 0.25) is 5.91 Å². The van der Waals surface area contributed by atoms with E-state index in [-0.39, 0.29) is 28.1 Å². The van der Waals surface area contributed by atoms with E-state index in [1.807, 2.05) is 4.57 Å². The molecule has 0 bridgehead atoms. The van der Waals surface area contributed by atoms with E-state index < -0.39 is 36.1 Å². The van der Waals surface area contributed by atoms with Crippen molar-refractivity contribution in [2.24, 2.45) is 0 Å².